The van der Waals surface area contributed by atoms with Crippen LogP contribution in [-0.2, 0) is 4.79 Å². The van der Waals surface area contributed by atoms with Crippen molar-refractivity contribution in [2.75, 3.05) is 52.5 Å². The van der Waals surface area contributed by atoms with Crippen LogP contribution in [0.3, 0.4) is 0 Å². The number of hydrogen-bond acceptors (Lipinski definition) is 5. The highest BCUT2D eigenvalue weighted by Gasteiger charge is 2.33. The minimum Gasteiger partial charge on any atom is -0.490 e. The zero-order valence-corrected chi connectivity index (χ0v) is 15.4. The van der Waals surface area contributed by atoms with E-state index in [9.17, 15) is 4.79 Å². The summed E-state index contributed by atoms with van der Waals surface area (Å²) in [6, 6.07) is 6.30. The number of benzene rings is 1. The van der Waals surface area contributed by atoms with E-state index in [0.29, 0.717) is 19.3 Å². The molecule has 1 amide bonds. The lowest BCUT2D eigenvalue weighted by molar-refractivity contribution is -0.126. The van der Waals surface area contributed by atoms with Crippen molar-refractivity contribution >= 4 is 12.0 Å². The van der Waals surface area contributed by atoms with Crippen LogP contribution in [0.1, 0.15) is 18.9 Å². The molecular weight excluding hydrogens is 330 g/mol. The van der Waals surface area contributed by atoms with Crippen LogP contribution < -0.4 is 14.8 Å². The molecule has 3 aliphatic rings. The number of rotatable bonds is 4. The van der Waals surface area contributed by atoms with Crippen LogP contribution in [0, 0.1) is 0 Å². The van der Waals surface area contributed by atoms with Gasteiger partial charge < -0.3 is 19.7 Å². The van der Waals surface area contributed by atoms with Crippen LogP contribution in [0.5, 0.6) is 11.5 Å². The largest absolute Gasteiger partial charge is 0.490 e. The summed E-state index contributed by atoms with van der Waals surface area (Å²) < 4.78 is 11.5. The average Bonchev–Trinajstić information content (AvgIpc) is 3.18. The quantitative estimate of drug-likeness (QED) is 0.882. The van der Waals surface area contributed by atoms with Crippen molar-refractivity contribution in [1.82, 2.24) is 15.1 Å². The Hall–Kier alpha value is -2.05. The average molecular weight is 357 g/mol. The molecule has 1 N–H and O–H groups in total. The molecule has 6 heteroatoms. The molecule has 0 saturated carbocycles. The lowest BCUT2D eigenvalue weighted by Gasteiger charge is -2.32. The number of nitrogens with one attached hydrogen (secondary N) is 1. The van der Waals surface area contributed by atoms with Gasteiger partial charge in [-0.3, -0.25) is 9.69 Å². The van der Waals surface area contributed by atoms with Crippen LogP contribution in [0.15, 0.2) is 23.8 Å². The van der Waals surface area contributed by atoms with E-state index in [-0.39, 0.29) is 5.91 Å². The van der Waals surface area contributed by atoms with Gasteiger partial charge in [-0.2, -0.15) is 0 Å². The first kappa shape index (κ1) is 17.4. The Morgan fingerprint density at radius 3 is 2.96 bits per heavy atom. The summed E-state index contributed by atoms with van der Waals surface area (Å²) in [5.41, 5.74) is 1.65. The number of ether oxygens (including phenoxy) is 2. The summed E-state index contributed by atoms with van der Waals surface area (Å²) in [7, 11) is 0. The Labute approximate surface area is 154 Å². The topological polar surface area (TPSA) is 54.0 Å². The molecule has 140 valence electrons. The van der Waals surface area contributed by atoms with Crippen molar-refractivity contribution in [3.05, 3.63) is 29.3 Å². The third kappa shape index (κ3) is 3.44. The van der Waals surface area contributed by atoms with Crippen molar-refractivity contribution in [2.24, 2.45) is 0 Å². The van der Waals surface area contributed by atoms with Crippen LogP contribution in [0.2, 0.25) is 0 Å². The fourth-order valence-electron chi connectivity index (χ4n) is 4.05. The third-order valence-corrected chi connectivity index (χ3v) is 5.40. The maximum absolute atomic E-state index is 13.0. The van der Waals surface area contributed by atoms with E-state index >= 15 is 0 Å². The lowest BCUT2D eigenvalue weighted by atomic mass is 10.1. The number of hydrogen-bond donors (Lipinski definition) is 1. The molecule has 0 aromatic heterocycles. The number of piperazine rings is 1. The van der Waals surface area contributed by atoms with Gasteiger partial charge in [0.05, 0.1) is 12.2 Å². The SMILES string of the molecule is CCOc1cccc2c1OCC(C(=O)N1CCC(N3CCNCC3)C1)=C2. The van der Waals surface area contributed by atoms with Crippen molar-refractivity contribution in [2.45, 2.75) is 19.4 Å². The van der Waals surface area contributed by atoms with E-state index in [2.05, 4.69) is 10.2 Å². The molecule has 0 spiro atoms. The summed E-state index contributed by atoms with van der Waals surface area (Å²) in [6.07, 6.45) is 3.02. The van der Waals surface area contributed by atoms with Crippen molar-refractivity contribution in [3.63, 3.8) is 0 Å². The highest BCUT2D eigenvalue weighted by atomic mass is 16.5. The molecule has 4 rings (SSSR count). The van der Waals surface area contributed by atoms with E-state index in [4.69, 9.17) is 9.47 Å². The van der Waals surface area contributed by atoms with E-state index in [0.717, 1.165) is 68.3 Å². The Kier molecular flexibility index (Phi) is 5.13. The molecule has 26 heavy (non-hydrogen) atoms. The first-order chi connectivity index (χ1) is 12.8. The highest BCUT2D eigenvalue weighted by molar-refractivity contribution is 5.99. The van der Waals surface area contributed by atoms with E-state index in [1.165, 1.54) is 0 Å². The number of nitrogens with zero attached hydrogens (tertiary/aromatic N) is 2. The molecule has 1 aromatic rings. The Balaban J connectivity index is 1.45. The second kappa shape index (κ2) is 7.68. The molecule has 0 radical (unpaired) electrons. The third-order valence-electron chi connectivity index (χ3n) is 5.40. The summed E-state index contributed by atoms with van der Waals surface area (Å²) in [5, 5.41) is 3.39. The Morgan fingerprint density at radius 2 is 2.15 bits per heavy atom. The molecule has 0 bridgehead atoms. The van der Waals surface area contributed by atoms with Gasteiger partial charge in [0, 0.05) is 50.9 Å². The van der Waals surface area contributed by atoms with Crippen LogP contribution in [-0.4, -0.2) is 74.2 Å². The minimum atomic E-state index is 0.107. The first-order valence-corrected chi connectivity index (χ1v) is 9.59. The lowest BCUT2D eigenvalue weighted by Crippen LogP contribution is -2.49. The number of carbonyl (C=O) groups excluding carboxylic acids is 1. The second-order valence-corrected chi connectivity index (χ2v) is 7.05. The smallest absolute Gasteiger partial charge is 0.253 e. The standard InChI is InChI=1S/C20H27N3O3/c1-2-25-18-5-3-4-15-12-16(14-26-19(15)18)20(24)23-9-6-17(13-23)22-10-7-21-8-11-22/h3-5,12,17,21H,2,6-11,13-14H2,1H3. The van der Waals surface area contributed by atoms with Gasteiger partial charge in [0.15, 0.2) is 11.5 Å². The maximum atomic E-state index is 13.0. The van der Waals surface area contributed by atoms with Gasteiger partial charge in [0.25, 0.3) is 5.91 Å². The molecule has 3 aliphatic heterocycles. The second-order valence-electron chi connectivity index (χ2n) is 7.05. The first-order valence-electron chi connectivity index (χ1n) is 9.59. The molecule has 2 fully saturated rings. The minimum absolute atomic E-state index is 0.107. The van der Waals surface area contributed by atoms with Gasteiger partial charge in [-0.25, -0.2) is 0 Å². The monoisotopic (exact) mass is 357 g/mol. The van der Waals surface area contributed by atoms with E-state index in [1.807, 2.05) is 36.1 Å². The fourth-order valence-corrected chi connectivity index (χ4v) is 4.05. The number of para-hydroxylation sites is 1. The highest BCUT2D eigenvalue weighted by Crippen LogP contribution is 2.36. The Morgan fingerprint density at radius 1 is 1.31 bits per heavy atom. The van der Waals surface area contributed by atoms with Crippen LogP contribution in [0.25, 0.3) is 6.08 Å². The molecule has 0 aliphatic carbocycles. The number of fused-ring (bicyclic) bond motifs is 1. The van der Waals surface area contributed by atoms with Crippen LogP contribution >= 0.6 is 0 Å². The van der Waals surface area contributed by atoms with E-state index in [1.54, 1.807) is 0 Å². The van der Waals surface area contributed by atoms with Crippen LogP contribution in [0.4, 0.5) is 0 Å². The number of carbonyl (C=O) groups is 1. The van der Waals surface area contributed by atoms with Gasteiger partial charge in [0.1, 0.15) is 6.61 Å². The van der Waals surface area contributed by atoms with Crippen molar-refractivity contribution in [1.29, 1.82) is 0 Å². The molecule has 2 saturated heterocycles. The zero-order valence-electron chi connectivity index (χ0n) is 15.4. The van der Waals surface area contributed by atoms with Gasteiger partial charge in [-0.15, -0.1) is 0 Å². The fraction of sp³-hybridized carbons (Fsp3) is 0.550. The molecule has 1 aromatic carbocycles. The number of amides is 1. The van der Waals surface area contributed by atoms with Gasteiger partial charge in [-0.05, 0) is 25.5 Å². The zero-order chi connectivity index (χ0) is 17.9. The summed E-state index contributed by atoms with van der Waals surface area (Å²) in [6.45, 7) is 8.75. The van der Waals surface area contributed by atoms with Crippen molar-refractivity contribution in [3.8, 4) is 11.5 Å². The molecule has 1 atom stereocenters. The molecule has 6 nitrogen and oxygen atoms in total. The summed E-state index contributed by atoms with van der Waals surface area (Å²) in [4.78, 5) is 17.5. The molecule has 1 unspecified atom stereocenters. The van der Waals surface area contributed by atoms with Crippen molar-refractivity contribution < 1.29 is 14.3 Å². The summed E-state index contributed by atoms with van der Waals surface area (Å²) in [5.74, 6) is 1.59. The summed E-state index contributed by atoms with van der Waals surface area (Å²) >= 11 is 0. The molecule has 3 heterocycles. The molecular formula is C20H27N3O3. The predicted molar refractivity (Wildman–Crippen MR) is 101 cm³/mol. The van der Waals surface area contributed by atoms with Gasteiger partial charge >= 0.3 is 0 Å². The maximum Gasteiger partial charge on any atom is 0.253 e. The normalized spacial score (nSPS) is 23.2. The van der Waals surface area contributed by atoms with E-state index < -0.39 is 0 Å². The predicted octanol–water partition coefficient (Wildman–Crippen LogP) is 1.37. The van der Waals surface area contributed by atoms with Gasteiger partial charge in [0.2, 0.25) is 0 Å². The number of likely N-dealkylation sites (tertiary alicyclic amines) is 1. The van der Waals surface area contributed by atoms with Gasteiger partial charge in [-0.1, -0.05) is 12.1 Å². The Bertz CT molecular complexity index is 698.